The van der Waals surface area contributed by atoms with Crippen LogP contribution < -0.4 is 11.2 Å². The summed E-state index contributed by atoms with van der Waals surface area (Å²) in [4.78, 5) is 7.18. The predicted octanol–water partition coefficient (Wildman–Crippen LogP) is 6.61. The first-order valence-corrected chi connectivity index (χ1v) is 9.56. The minimum Gasteiger partial charge on any atom is -0.359 e. The summed E-state index contributed by atoms with van der Waals surface area (Å²) in [6.45, 7) is 8.00. The molecule has 4 N–H and O–H groups in total. The Hall–Kier alpha value is -2.51. The van der Waals surface area contributed by atoms with E-state index in [1.807, 2.05) is 27.7 Å². The Balaban J connectivity index is 0.000000660. The summed E-state index contributed by atoms with van der Waals surface area (Å²) in [6, 6.07) is 5.48. The molecule has 2 aromatic carbocycles. The molecule has 0 aliphatic rings. The lowest BCUT2D eigenvalue weighted by atomic mass is 10.2. The monoisotopic (exact) mass is 427 g/mol. The highest BCUT2D eigenvalue weighted by molar-refractivity contribution is 6.45. The van der Waals surface area contributed by atoms with E-state index >= 15 is 0 Å². The van der Waals surface area contributed by atoms with Gasteiger partial charge in [-0.1, -0.05) is 50.9 Å². The molecule has 0 amide bonds. The van der Waals surface area contributed by atoms with Crippen molar-refractivity contribution in [3.8, 4) is 0 Å². The van der Waals surface area contributed by atoms with E-state index in [1.165, 1.54) is 4.68 Å². The number of rotatable bonds is 2. The Morgan fingerprint density at radius 2 is 1.71 bits per heavy atom. The van der Waals surface area contributed by atoms with E-state index in [9.17, 15) is 8.78 Å². The fraction of sp³-hybridized carbons (Fsp3) is 0.211. The number of H-pyrrole nitrogens is 1. The second-order valence-electron chi connectivity index (χ2n) is 5.17. The maximum atomic E-state index is 13.5. The Morgan fingerprint density at radius 1 is 1.07 bits per heavy atom. The number of nitrogen functional groups attached to an aromatic ring is 1. The van der Waals surface area contributed by atoms with Gasteiger partial charge in [0.2, 0.25) is 5.95 Å². The number of nitrogens with zero attached hydrogens (tertiary/aromatic N) is 2. The summed E-state index contributed by atoms with van der Waals surface area (Å²) < 4.78 is 28.1. The van der Waals surface area contributed by atoms with Crippen molar-refractivity contribution in [2.75, 3.05) is 11.2 Å². The molecule has 4 rings (SSSR count). The van der Waals surface area contributed by atoms with Gasteiger partial charge in [0, 0.05) is 17.6 Å². The Bertz CT molecular complexity index is 1110. The van der Waals surface area contributed by atoms with Crippen LogP contribution in [0.3, 0.4) is 0 Å². The second kappa shape index (κ2) is 9.12. The number of hydrogen-bond donors (Lipinski definition) is 3. The van der Waals surface area contributed by atoms with Crippen molar-refractivity contribution in [3.63, 3.8) is 0 Å². The fourth-order valence-corrected chi connectivity index (χ4v) is 2.89. The van der Waals surface area contributed by atoms with Crippen LogP contribution in [0.4, 0.5) is 20.4 Å². The van der Waals surface area contributed by atoms with E-state index in [0.29, 0.717) is 32.6 Å². The fourth-order valence-electron chi connectivity index (χ4n) is 2.53. The largest absolute Gasteiger partial charge is 0.359 e. The maximum Gasteiger partial charge on any atom is 0.227 e. The van der Waals surface area contributed by atoms with Crippen LogP contribution in [0.1, 0.15) is 27.7 Å². The molecule has 0 radical (unpaired) electrons. The first-order valence-electron chi connectivity index (χ1n) is 8.80. The van der Waals surface area contributed by atoms with Crippen molar-refractivity contribution < 1.29 is 8.78 Å². The summed E-state index contributed by atoms with van der Waals surface area (Å²) in [5, 5.41) is 4.09. The lowest BCUT2D eigenvalue weighted by molar-refractivity contribution is 0.511. The molecular weight excluding hydrogens is 407 g/mol. The van der Waals surface area contributed by atoms with Crippen LogP contribution in [-0.2, 0) is 0 Å². The molecule has 0 aliphatic carbocycles. The topological polar surface area (TPSA) is 71.7 Å². The number of anilines is 2. The minimum atomic E-state index is -0.943. The second-order valence-corrected chi connectivity index (χ2v) is 5.96. The predicted molar refractivity (Wildman–Crippen MR) is 114 cm³/mol. The Labute approximate surface area is 171 Å². The molecule has 0 fully saturated rings. The van der Waals surface area contributed by atoms with Gasteiger partial charge < -0.3 is 16.1 Å². The van der Waals surface area contributed by atoms with Gasteiger partial charge in [-0.25, -0.2) is 18.4 Å². The minimum absolute atomic E-state index is 0.278. The van der Waals surface area contributed by atoms with E-state index in [-0.39, 0.29) is 11.0 Å². The van der Waals surface area contributed by atoms with Gasteiger partial charge in [0.1, 0.15) is 5.52 Å². The first-order chi connectivity index (χ1) is 13.5. The van der Waals surface area contributed by atoms with Crippen LogP contribution in [0, 0.1) is 11.6 Å². The first kappa shape index (κ1) is 21.8. The normalized spacial score (nSPS) is 10.3. The van der Waals surface area contributed by atoms with Gasteiger partial charge in [0.25, 0.3) is 0 Å². The van der Waals surface area contributed by atoms with Crippen LogP contribution in [0.25, 0.3) is 21.9 Å². The molecule has 0 saturated carbocycles. The molecule has 0 atom stereocenters. The van der Waals surface area contributed by atoms with Gasteiger partial charge in [-0.15, -0.1) is 0 Å². The van der Waals surface area contributed by atoms with E-state index in [4.69, 9.17) is 29.0 Å². The summed E-state index contributed by atoms with van der Waals surface area (Å²) in [6.07, 6.45) is 1.57. The maximum absolute atomic E-state index is 13.5. The summed E-state index contributed by atoms with van der Waals surface area (Å²) in [7, 11) is 0. The highest BCUT2D eigenvalue weighted by Crippen LogP contribution is 2.33. The van der Waals surface area contributed by atoms with Crippen molar-refractivity contribution in [2.24, 2.45) is 0 Å². The highest BCUT2D eigenvalue weighted by atomic mass is 35.5. The molecule has 0 aliphatic heterocycles. The number of imidazole rings is 1. The van der Waals surface area contributed by atoms with Crippen molar-refractivity contribution in [1.82, 2.24) is 14.6 Å². The van der Waals surface area contributed by atoms with Crippen molar-refractivity contribution in [3.05, 3.63) is 52.1 Å². The number of nitrogens with two attached hydrogens (primary N) is 1. The number of aromatic nitrogens is 3. The quantitative estimate of drug-likeness (QED) is 0.315. The van der Waals surface area contributed by atoms with Gasteiger partial charge in [-0.05, 0) is 18.2 Å². The van der Waals surface area contributed by atoms with Gasteiger partial charge in [-0.2, -0.15) is 0 Å². The number of hydrogen-bond acceptors (Lipinski definition) is 3. The standard InChI is InChI=1S/C15H9Cl2F2N5.2C2H6/c16-7-1-2-12-14(13(7)17)23-15(24(12)20)22-11-5-21-10-4-9(19)8(18)3-6(10)11;2*1-2/h1-5,21H,20H2,(H,22,23);2*1-2H3. The SMILES string of the molecule is CC.CC.Nn1c(Nc2c[nH]c3cc(F)c(F)cc23)nc2c(Cl)c(Cl)ccc21. The molecule has 0 unspecified atom stereocenters. The van der Waals surface area contributed by atoms with Gasteiger partial charge >= 0.3 is 0 Å². The molecule has 0 saturated heterocycles. The van der Waals surface area contributed by atoms with E-state index < -0.39 is 11.6 Å². The Kier molecular flexibility index (Phi) is 7.10. The van der Waals surface area contributed by atoms with Gasteiger partial charge in [0.15, 0.2) is 11.6 Å². The Morgan fingerprint density at radius 3 is 2.39 bits per heavy atom. The van der Waals surface area contributed by atoms with Crippen molar-refractivity contribution in [2.45, 2.75) is 27.7 Å². The molecule has 0 spiro atoms. The van der Waals surface area contributed by atoms with Gasteiger partial charge in [-0.3, -0.25) is 0 Å². The van der Waals surface area contributed by atoms with Crippen LogP contribution in [0.5, 0.6) is 0 Å². The number of aromatic amines is 1. The van der Waals surface area contributed by atoms with Gasteiger partial charge in [0.05, 0.1) is 26.8 Å². The smallest absolute Gasteiger partial charge is 0.227 e. The lowest BCUT2D eigenvalue weighted by Crippen LogP contribution is -2.11. The van der Waals surface area contributed by atoms with Crippen LogP contribution in [-0.4, -0.2) is 14.6 Å². The van der Waals surface area contributed by atoms with Crippen molar-refractivity contribution >= 4 is 56.8 Å². The molecule has 4 aromatic rings. The molecule has 2 heterocycles. The van der Waals surface area contributed by atoms with E-state index in [2.05, 4.69) is 15.3 Å². The molecule has 5 nitrogen and oxygen atoms in total. The third kappa shape index (κ3) is 3.86. The highest BCUT2D eigenvalue weighted by Gasteiger charge is 2.16. The summed E-state index contributed by atoms with van der Waals surface area (Å²) in [5.41, 5.74) is 1.94. The average Bonchev–Trinajstić information content (AvgIpc) is 3.24. The molecule has 150 valence electrons. The zero-order valence-corrected chi connectivity index (χ0v) is 17.4. The third-order valence-corrected chi connectivity index (χ3v) is 4.52. The lowest BCUT2D eigenvalue weighted by Gasteiger charge is -2.05. The van der Waals surface area contributed by atoms with Crippen LogP contribution >= 0.6 is 23.2 Å². The molecule has 9 heteroatoms. The number of halogens is 4. The molecular formula is C19H21Cl2F2N5. The summed E-state index contributed by atoms with van der Waals surface area (Å²) in [5.74, 6) is 4.43. The number of fused-ring (bicyclic) bond motifs is 2. The van der Waals surface area contributed by atoms with Crippen molar-refractivity contribution in [1.29, 1.82) is 0 Å². The zero-order valence-electron chi connectivity index (χ0n) is 15.9. The molecule has 28 heavy (non-hydrogen) atoms. The molecule has 2 aromatic heterocycles. The summed E-state index contributed by atoms with van der Waals surface area (Å²) >= 11 is 12.1. The van der Waals surface area contributed by atoms with Crippen LogP contribution in [0.2, 0.25) is 10.0 Å². The number of nitrogens with one attached hydrogen (secondary N) is 2. The number of benzene rings is 2. The molecule has 0 bridgehead atoms. The zero-order chi connectivity index (χ0) is 21.0. The average molecular weight is 428 g/mol. The van der Waals surface area contributed by atoms with Crippen LogP contribution in [0.15, 0.2) is 30.5 Å². The van der Waals surface area contributed by atoms with E-state index in [0.717, 1.165) is 12.1 Å². The van der Waals surface area contributed by atoms with E-state index in [1.54, 1.807) is 18.3 Å². The third-order valence-electron chi connectivity index (χ3n) is 3.72.